The minimum atomic E-state index is -0.117. The third-order valence-electron chi connectivity index (χ3n) is 0.978. The van der Waals surface area contributed by atoms with Crippen molar-refractivity contribution in [3.8, 4) is 6.07 Å². The van der Waals surface area contributed by atoms with Gasteiger partial charge in [-0.1, -0.05) is 0 Å². The molecule has 0 amide bonds. The largest absolute Gasteiger partial charge is 0.369 e. The third kappa shape index (κ3) is 2.88. The first-order valence-corrected chi connectivity index (χ1v) is 4.08. The first-order chi connectivity index (χ1) is 6.22. The van der Waals surface area contributed by atoms with Crippen molar-refractivity contribution in [3.63, 3.8) is 0 Å². The van der Waals surface area contributed by atoms with Crippen LogP contribution in [-0.2, 0) is 0 Å². The van der Waals surface area contributed by atoms with Crippen molar-refractivity contribution in [2.45, 2.75) is 0 Å². The third-order valence-corrected chi connectivity index (χ3v) is 1.76. The molecule has 1 aromatic rings. The highest BCUT2D eigenvalue weighted by atomic mass is 32.1. The van der Waals surface area contributed by atoms with Crippen molar-refractivity contribution in [2.75, 3.05) is 0 Å². The minimum Gasteiger partial charge on any atom is -0.369 e. The number of rotatable bonds is 2. The van der Waals surface area contributed by atoms with Gasteiger partial charge in [-0.15, -0.1) is 16.4 Å². The van der Waals surface area contributed by atoms with Crippen molar-refractivity contribution < 1.29 is 0 Å². The van der Waals surface area contributed by atoms with E-state index in [1.807, 2.05) is 6.07 Å². The van der Waals surface area contributed by atoms with E-state index in [1.165, 1.54) is 17.6 Å². The highest BCUT2D eigenvalue weighted by Gasteiger charge is 1.96. The summed E-state index contributed by atoms with van der Waals surface area (Å²) in [6, 6.07) is 1.90. The normalized spacial score (nSPS) is 9.77. The fraction of sp³-hybridized carbons (Fsp3) is 0. The van der Waals surface area contributed by atoms with Crippen LogP contribution in [0.5, 0.6) is 0 Å². The number of nitrogens with zero attached hydrogens (tertiary/aromatic N) is 4. The van der Waals surface area contributed by atoms with Crippen molar-refractivity contribution in [3.05, 3.63) is 16.1 Å². The van der Waals surface area contributed by atoms with Crippen molar-refractivity contribution in [1.82, 2.24) is 4.98 Å². The molecule has 0 bridgehead atoms. The Hall–Kier alpha value is -1.94. The lowest BCUT2D eigenvalue weighted by atomic mass is 10.6. The minimum absolute atomic E-state index is 0.117. The summed E-state index contributed by atoms with van der Waals surface area (Å²) in [6.07, 6.45) is 1.38. The first-order valence-electron chi connectivity index (χ1n) is 3.20. The molecule has 0 aliphatic carbocycles. The van der Waals surface area contributed by atoms with Crippen molar-refractivity contribution in [1.29, 1.82) is 5.26 Å². The zero-order valence-electron chi connectivity index (χ0n) is 6.51. The van der Waals surface area contributed by atoms with Crippen LogP contribution in [0.3, 0.4) is 0 Å². The summed E-state index contributed by atoms with van der Waals surface area (Å²) in [7, 11) is 0. The summed E-state index contributed by atoms with van der Waals surface area (Å²) in [5, 5.41) is 17.6. The average Bonchev–Trinajstić information content (AvgIpc) is 2.52. The quantitative estimate of drug-likeness (QED) is 0.379. The average molecular weight is 194 g/mol. The Morgan fingerprint density at radius 2 is 2.46 bits per heavy atom. The van der Waals surface area contributed by atoms with E-state index in [1.54, 1.807) is 5.38 Å². The Bertz CT molecular complexity index is 380. The lowest BCUT2D eigenvalue weighted by Crippen LogP contribution is -2.21. The molecular formula is C6H6N6S. The molecule has 0 radical (unpaired) electrons. The molecule has 1 heterocycles. The predicted octanol–water partition coefficient (Wildman–Crippen LogP) is -0.378. The SMILES string of the molecule is N#Cc1csc(/C=N/N=C(N)N)n1. The molecule has 0 atom stereocenters. The number of hydrogen-bond donors (Lipinski definition) is 2. The molecule has 7 heteroatoms. The van der Waals surface area contributed by atoms with E-state index in [9.17, 15) is 0 Å². The van der Waals surface area contributed by atoms with Gasteiger partial charge in [0, 0.05) is 5.38 Å². The Balaban J connectivity index is 2.70. The van der Waals surface area contributed by atoms with Gasteiger partial charge in [-0.2, -0.15) is 10.4 Å². The molecule has 13 heavy (non-hydrogen) atoms. The van der Waals surface area contributed by atoms with Gasteiger partial charge in [-0.25, -0.2) is 4.98 Å². The van der Waals surface area contributed by atoms with Crippen molar-refractivity contribution in [2.24, 2.45) is 21.7 Å². The van der Waals surface area contributed by atoms with E-state index in [-0.39, 0.29) is 5.96 Å². The Morgan fingerprint density at radius 3 is 3.00 bits per heavy atom. The van der Waals surface area contributed by atoms with Gasteiger partial charge in [0.1, 0.15) is 11.1 Å². The molecule has 0 aliphatic heterocycles. The number of nitriles is 1. The van der Waals surface area contributed by atoms with Crippen LogP contribution < -0.4 is 11.5 Å². The molecule has 6 nitrogen and oxygen atoms in total. The van der Waals surface area contributed by atoms with Crippen LogP contribution in [0.1, 0.15) is 10.7 Å². The monoisotopic (exact) mass is 194 g/mol. The van der Waals surface area contributed by atoms with Gasteiger partial charge in [0.25, 0.3) is 0 Å². The van der Waals surface area contributed by atoms with Gasteiger partial charge in [-0.05, 0) is 0 Å². The van der Waals surface area contributed by atoms with Crippen LogP contribution >= 0.6 is 11.3 Å². The summed E-state index contributed by atoms with van der Waals surface area (Å²) >= 11 is 1.29. The van der Waals surface area contributed by atoms with Crippen LogP contribution in [0.15, 0.2) is 15.6 Å². The van der Waals surface area contributed by atoms with Crippen molar-refractivity contribution >= 4 is 23.5 Å². The fourth-order valence-corrected chi connectivity index (χ4v) is 1.14. The molecule has 4 N–H and O–H groups in total. The molecule has 0 spiro atoms. The number of guanidine groups is 1. The van der Waals surface area contributed by atoms with E-state index >= 15 is 0 Å². The zero-order valence-corrected chi connectivity index (χ0v) is 7.32. The standard InChI is InChI=1S/C6H6N6S/c7-1-4-3-13-5(11-4)2-10-12-6(8)9/h2-3H,(H4,8,9,12)/b10-2+. The highest BCUT2D eigenvalue weighted by Crippen LogP contribution is 2.05. The highest BCUT2D eigenvalue weighted by molar-refractivity contribution is 7.11. The number of thiazole rings is 1. The van der Waals surface area contributed by atoms with Crippen LogP contribution in [0.4, 0.5) is 0 Å². The molecule has 1 rings (SSSR count). The second-order valence-corrected chi connectivity index (χ2v) is 2.84. The second kappa shape index (κ2) is 4.18. The van der Waals surface area contributed by atoms with Crippen LogP contribution in [0, 0.1) is 11.3 Å². The fourth-order valence-electron chi connectivity index (χ4n) is 0.543. The van der Waals surface area contributed by atoms with Gasteiger partial charge in [0.15, 0.2) is 5.69 Å². The van der Waals surface area contributed by atoms with E-state index in [0.717, 1.165) is 0 Å². The Morgan fingerprint density at radius 1 is 1.69 bits per heavy atom. The Labute approximate surface area is 78.2 Å². The number of nitrogens with two attached hydrogens (primary N) is 2. The van der Waals surface area contributed by atoms with E-state index in [0.29, 0.717) is 10.7 Å². The topological polar surface area (TPSA) is 113 Å². The molecule has 0 fully saturated rings. The van der Waals surface area contributed by atoms with Crippen LogP contribution in [-0.4, -0.2) is 17.2 Å². The second-order valence-electron chi connectivity index (χ2n) is 1.95. The van der Waals surface area contributed by atoms with E-state index in [2.05, 4.69) is 15.2 Å². The molecule has 0 aromatic carbocycles. The van der Waals surface area contributed by atoms with Gasteiger partial charge >= 0.3 is 0 Å². The smallest absolute Gasteiger partial charge is 0.211 e. The van der Waals surface area contributed by atoms with E-state index < -0.39 is 0 Å². The summed E-state index contributed by atoms with van der Waals surface area (Å²) in [4.78, 5) is 3.88. The molecule has 0 saturated heterocycles. The molecule has 66 valence electrons. The van der Waals surface area contributed by atoms with Crippen LogP contribution in [0.25, 0.3) is 0 Å². The van der Waals surface area contributed by atoms with Gasteiger partial charge in [0.2, 0.25) is 5.96 Å². The molecule has 1 aromatic heterocycles. The predicted molar refractivity (Wildman–Crippen MR) is 50.2 cm³/mol. The maximum atomic E-state index is 8.45. The number of aromatic nitrogens is 1. The maximum Gasteiger partial charge on any atom is 0.211 e. The summed E-state index contributed by atoms with van der Waals surface area (Å²) < 4.78 is 0. The lowest BCUT2D eigenvalue weighted by molar-refractivity contribution is 1.21. The molecular weight excluding hydrogens is 188 g/mol. The van der Waals surface area contributed by atoms with Crippen LogP contribution in [0.2, 0.25) is 0 Å². The summed E-state index contributed by atoms with van der Waals surface area (Å²) in [5.74, 6) is -0.117. The maximum absolute atomic E-state index is 8.45. The summed E-state index contributed by atoms with van der Waals surface area (Å²) in [6.45, 7) is 0. The van der Waals surface area contributed by atoms with Gasteiger partial charge in [0.05, 0.1) is 6.21 Å². The van der Waals surface area contributed by atoms with Gasteiger partial charge in [-0.3, -0.25) is 0 Å². The molecule has 0 unspecified atom stereocenters. The Kier molecular flexibility index (Phi) is 2.94. The molecule has 0 saturated carbocycles. The number of hydrogen-bond acceptors (Lipinski definition) is 5. The zero-order chi connectivity index (χ0) is 9.68. The summed E-state index contributed by atoms with van der Waals surface area (Å²) in [5.41, 5.74) is 10.4. The molecule has 0 aliphatic rings. The lowest BCUT2D eigenvalue weighted by Gasteiger charge is -1.81. The first kappa shape index (κ1) is 9.15. The van der Waals surface area contributed by atoms with Gasteiger partial charge < -0.3 is 11.5 Å². The van der Waals surface area contributed by atoms with E-state index in [4.69, 9.17) is 16.7 Å².